The molecule has 0 saturated heterocycles. The van der Waals surface area contributed by atoms with E-state index in [9.17, 15) is 4.79 Å². The lowest BCUT2D eigenvalue weighted by molar-refractivity contribution is -0.142. The summed E-state index contributed by atoms with van der Waals surface area (Å²) in [5.74, 6) is -0.294. The number of hydrogen-bond donors (Lipinski definition) is 1. The average molecular weight is 312 g/mol. The van der Waals surface area contributed by atoms with Crippen molar-refractivity contribution in [2.24, 2.45) is 5.73 Å². The molecule has 0 aromatic carbocycles. The number of carbonyl (C=O) groups is 1. The quantitative estimate of drug-likeness (QED) is 0.259. The zero-order chi connectivity index (χ0) is 16.5. The van der Waals surface area contributed by atoms with E-state index in [-0.39, 0.29) is 5.97 Å². The van der Waals surface area contributed by atoms with Gasteiger partial charge in [0.1, 0.15) is 6.04 Å². The Kier molecular flexibility index (Phi) is 15.9. The molecule has 3 heteroatoms. The van der Waals surface area contributed by atoms with Crippen LogP contribution in [0.5, 0.6) is 0 Å². The number of allylic oxidation sites excluding steroid dienone is 2. The summed E-state index contributed by atoms with van der Waals surface area (Å²) in [6, 6.07) is -0.442. The van der Waals surface area contributed by atoms with Crippen LogP contribution in [0.15, 0.2) is 12.2 Å². The maximum absolute atomic E-state index is 11.1. The van der Waals surface area contributed by atoms with Gasteiger partial charge in [0.2, 0.25) is 0 Å². The second-order valence-electron chi connectivity index (χ2n) is 6.15. The molecule has 2 N–H and O–H groups in total. The first-order valence-corrected chi connectivity index (χ1v) is 9.20. The van der Waals surface area contributed by atoms with E-state index in [4.69, 9.17) is 5.73 Å². The summed E-state index contributed by atoms with van der Waals surface area (Å²) in [4.78, 5) is 11.1. The normalized spacial score (nSPS) is 12.7. The molecule has 0 amide bonds. The van der Waals surface area contributed by atoms with Gasteiger partial charge in [-0.15, -0.1) is 0 Å². The van der Waals surface area contributed by atoms with E-state index < -0.39 is 6.04 Å². The minimum absolute atomic E-state index is 0.294. The summed E-state index contributed by atoms with van der Waals surface area (Å²) < 4.78 is 4.61. The van der Waals surface area contributed by atoms with Crippen molar-refractivity contribution in [2.45, 2.75) is 96.4 Å². The van der Waals surface area contributed by atoms with E-state index in [1.54, 1.807) is 0 Å². The zero-order valence-corrected chi connectivity index (χ0v) is 14.8. The van der Waals surface area contributed by atoms with E-state index in [1.807, 2.05) is 0 Å². The summed E-state index contributed by atoms with van der Waals surface area (Å²) in [6.07, 6.45) is 20.7. The van der Waals surface area contributed by atoms with E-state index >= 15 is 0 Å². The molecule has 0 aromatic heterocycles. The molecular weight excluding hydrogens is 274 g/mol. The van der Waals surface area contributed by atoms with Crippen LogP contribution in [0.1, 0.15) is 90.4 Å². The van der Waals surface area contributed by atoms with Crippen LogP contribution < -0.4 is 5.73 Å². The molecule has 0 unspecified atom stereocenters. The SMILES string of the molecule is CCCCCCCC/C=C\CCCCCC[C@H](N)C(=O)OC. The van der Waals surface area contributed by atoms with E-state index in [2.05, 4.69) is 23.8 Å². The van der Waals surface area contributed by atoms with Gasteiger partial charge in [-0.1, -0.05) is 70.4 Å². The first kappa shape index (κ1) is 21.2. The lowest BCUT2D eigenvalue weighted by atomic mass is 10.1. The third kappa shape index (κ3) is 14.1. The predicted octanol–water partition coefficient (Wildman–Crippen LogP) is 5.13. The lowest BCUT2D eigenvalue weighted by Crippen LogP contribution is -2.31. The second-order valence-corrected chi connectivity index (χ2v) is 6.15. The van der Waals surface area contributed by atoms with Crippen molar-refractivity contribution < 1.29 is 9.53 Å². The average Bonchev–Trinajstić information content (AvgIpc) is 2.54. The number of rotatable bonds is 15. The number of ether oxygens (including phenoxy) is 1. The van der Waals surface area contributed by atoms with Gasteiger partial charge < -0.3 is 10.5 Å². The standard InChI is InChI=1S/C19H37NO2/c1-3-4-5-6-7-8-9-10-11-12-13-14-15-16-17-18(20)19(21)22-2/h10-11,18H,3-9,12-17,20H2,1-2H3/b11-10-/t18-/m0/s1. The van der Waals surface area contributed by atoms with Crippen LogP contribution in [0.25, 0.3) is 0 Å². The number of methoxy groups -OCH3 is 1. The molecule has 0 rings (SSSR count). The van der Waals surface area contributed by atoms with Crippen molar-refractivity contribution in [3.05, 3.63) is 12.2 Å². The Labute approximate surface area is 137 Å². The minimum Gasteiger partial charge on any atom is -0.468 e. The first-order chi connectivity index (χ1) is 10.7. The van der Waals surface area contributed by atoms with Crippen LogP contribution >= 0.6 is 0 Å². The minimum atomic E-state index is -0.442. The van der Waals surface area contributed by atoms with Crippen molar-refractivity contribution in [3.8, 4) is 0 Å². The van der Waals surface area contributed by atoms with Gasteiger partial charge in [0.25, 0.3) is 0 Å². The van der Waals surface area contributed by atoms with Gasteiger partial charge >= 0.3 is 5.97 Å². The van der Waals surface area contributed by atoms with Crippen molar-refractivity contribution in [3.63, 3.8) is 0 Å². The summed E-state index contributed by atoms with van der Waals surface area (Å²) in [6.45, 7) is 2.26. The van der Waals surface area contributed by atoms with Gasteiger partial charge in [-0.2, -0.15) is 0 Å². The highest BCUT2D eigenvalue weighted by molar-refractivity contribution is 5.75. The maximum Gasteiger partial charge on any atom is 0.322 e. The zero-order valence-electron chi connectivity index (χ0n) is 14.8. The molecule has 130 valence electrons. The molecule has 0 aliphatic carbocycles. The van der Waals surface area contributed by atoms with Gasteiger partial charge in [-0.3, -0.25) is 4.79 Å². The highest BCUT2D eigenvalue weighted by atomic mass is 16.5. The molecule has 0 heterocycles. The van der Waals surface area contributed by atoms with Gasteiger partial charge in [0, 0.05) is 0 Å². The number of carbonyl (C=O) groups excluding carboxylic acids is 1. The van der Waals surface area contributed by atoms with E-state index in [0.29, 0.717) is 0 Å². The fourth-order valence-corrected chi connectivity index (χ4v) is 2.53. The Balaban J connectivity index is 3.22. The summed E-state index contributed by atoms with van der Waals surface area (Å²) in [7, 11) is 1.39. The maximum atomic E-state index is 11.1. The number of unbranched alkanes of at least 4 members (excludes halogenated alkanes) is 10. The highest BCUT2D eigenvalue weighted by Gasteiger charge is 2.12. The first-order valence-electron chi connectivity index (χ1n) is 9.20. The Morgan fingerprint density at radius 1 is 0.909 bits per heavy atom. The third-order valence-corrected chi connectivity index (χ3v) is 4.03. The molecule has 0 saturated carbocycles. The third-order valence-electron chi connectivity index (χ3n) is 4.03. The Morgan fingerprint density at radius 3 is 1.95 bits per heavy atom. The Morgan fingerprint density at radius 2 is 1.41 bits per heavy atom. The summed E-state index contributed by atoms with van der Waals surface area (Å²) in [5, 5.41) is 0. The van der Waals surface area contributed by atoms with Crippen LogP contribution in [0.4, 0.5) is 0 Å². The second kappa shape index (κ2) is 16.5. The molecular formula is C19H37NO2. The number of esters is 1. The molecule has 1 atom stereocenters. The fraction of sp³-hybridized carbons (Fsp3) is 0.842. The van der Waals surface area contributed by atoms with Crippen LogP contribution in [-0.2, 0) is 9.53 Å². The van der Waals surface area contributed by atoms with Crippen LogP contribution in [0, 0.1) is 0 Å². The molecule has 0 aromatic rings. The molecule has 0 bridgehead atoms. The number of nitrogens with two attached hydrogens (primary N) is 1. The van der Waals surface area contributed by atoms with Gasteiger partial charge in [0.05, 0.1) is 7.11 Å². The fourth-order valence-electron chi connectivity index (χ4n) is 2.53. The monoisotopic (exact) mass is 311 g/mol. The van der Waals surface area contributed by atoms with Gasteiger partial charge in [-0.25, -0.2) is 0 Å². The van der Waals surface area contributed by atoms with Crippen molar-refractivity contribution in [2.75, 3.05) is 7.11 Å². The molecule has 0 fully saturated rings. The van der Waals surface area contributed by atoms with E-state index in [1.165, 1.54) is 71.3 Å². The molecule has 22 heavy (non-hydrogen) atoms. The van der Waals surface area contributed by atoms with Crippen LogP contribution in [0.3, 0.4) is 0 Å². The lowest BCUT2D eigenvalue weighted by Gasteiger charge is -2.08. The molecule has 3 nitrogen and oxygen atoms in total. The van der Waals surface area contributed by atoms with E-state index in [0.717, 1.165) is 19.3 Å². The van der Waals surface area contributed by atoms with Gasteiger partial charge in [-0.05, 0) is 32.1 Å². The predicted molar refractivity (Wildman–Crippen MR) is 94.8 cm³/mol. The molecule has 0 aliphatic heterocycles. The van der Waals surface area contributed by atoms with Crippen molar-refractivity contribution in [1.82, 2.24) is 0 Å². The smallest absolute Gasteiger partial charge is 0.322 e. The van der Waals surface area contributed by atoms with Crippen molar-refractivity contribution in [1.29, 1.82) is 0 Å². The van der Waals surface area contributed by atoms with Gasteiger partial charge in [0.15, 0.2) is 0 Å². The molecule has 0 aliphatic rings. The van der Waals surface area contributed by atoms with Crippen molar-refractivity contribution >= 4 is 5.97 Å². The molecule has 0 radical (unpaired) electrons. The summed E-state index contributed by atoms with van der Waals surface area (Å²) >= 11 is 0. The summed E-state index contributed by atoms with van der Waals surface area (Å²) in [5.41, 5.74) is 5.69. The number of hydrogen-bond acceptors (Lipinski definition) is 3. The Hall–Kier alpha value is -0.830. The van der Waals surface area contributed by atoms with Crippen LogP contribution in [-0.4, -0.2) is 19.1 Å². The Bertz CT molecular complexity index is 277. The largest absolute Gasteiger partial charge is 0.468 e. The molecule has 0 spiro atoms. The van der Waals surface area contributed by atoms with Crippen LogP contribution in [0.2, 0.25) is 0 Å². The topological polar surface area (TPSA) is 52.3 Å². The highest BCUT2D eigenvalue weighted by Crippen LogP contribution is 2.09.